The molecule has 25 heavy (non-hydrogen) atoms. The smallest absolute Gasteiger partial charge is 0.246 e. The van der Waals surface area contributed by atoms with E-state index < -0.39 is 0 Å². The molecule has 1 aromatic carbocycles. The first-order chi connectivity index (χ1) is 12.2. The maximum atomic E-state index is 12.0. The van der Waals surface area contributed by atoms with Crippen LogP contribution in [0.1, 0.15) is 25.1 Å². The van der Waals surface area contributed by atoms with Crippen LogP contribution in [0.15, 0.2) is 41.2 Å². The Labute approximate surface area is 150 Å². The van der Waals surface area contributed by atoms with Crippen molar-refractivity contribution < 1.29 is 9.32 Å². The molecule has 0 bridgehead atoms. The van der Waals surface area contributed by atoms with Crippen LogP contribution in [0, 0.1) is 0 Å². The third kappa shape index (κ3) is 4.24. The second-order valence-electron chi connectivity index (χ2n) is 5.41. The summed E-state index contributed by atoms with van der Waals surface area (Å²) in [6, 6.07) is 7.25. The van der Waals surface area contributed by atoms with Crippen LogP contribution in [0.4, 0.5) is 0 Å². The predicted molar refractivity (Wildman–Crippen MR) is 92.8 cm³/mol. The molecule has 2 aromatic heterocycles. The highest BCUT2D eigenvalue weighted by molar-refractivity contribution is 6.33. The average Bonchev–Trinajstić information content (AvgIpc) is 3.27. The Balaban J connectivity index is 1.52. The van der Waals surface area contributed by atoms with Crippen molar-refractivity contribution in [2.45, 2.75) is 32.9 Å². The summed E-state index contributed by atoms with van der Waals surface area (Å²) in [5.74, 6) is 1.61. The number of hydrogen-bond acceptors (Lipinski definition) is 5. The number of benzene rings is 1. The molecule has 0 saturated heterocycles. The van der Waals surface area contributed by atoms with Gasteiger partial charge in [0.2, 0.25) is 17.6 Å². The van der Waals surface area contributed by atoms with Crippen LogP contribution in [0.2, 0.25) is 5.02 Å². The Hall–Kier alpha value is -2.67. The number of nitrogens with zero attached hydrogens (tertiary/aromatic N) is 4. The van der Waals surface area contributed by atoms with Crippen LogP contribution >= 0.6 is 11.6 Å². The number of rotatable bonds is 7. The van der Waals surface area contributed by atoms with Gasteiger partial charge < -0.3 is 14.4 Å². The van der Waals surface area contributed by atoms with Crippen molar-refractivity contribution in [2.75, 3.05) is 0 Å². The lowest BCUT2D eigenvalue weighted by Crippen LogP contribution is -2.24. The molecule has 0 aliphatic carbocycles. The largest absolute Gasteiger partial charge is 0.347 e. The highest BCUT2D eigenvalue weighted by Gasteiger charge is 2.12. The molecule has 0 fully saturated rings. The lowest BCUT2D eigenvalue weighted by molar-refractivity contribution is -0.121. The van der Waals surface area contributed by atoms with E-state index in [0.717, 1.165) is 12.2 Å². The molecule has 3 rings (SSSR count). The standard InChI is InChI=1S/C17H18ClN5O2/c1-2-14-19-8-10-23(14)9-7-15(24)20-11-16-21-17(22-25-16)12-5-3-4-6-13(12)18/h3-6,8,10H,2,7,9,11H2,1H3,(H,20,24). The maximum Gasteiger partial charge on any atom is 0.246 e. The Morgan fingerprint density at radius 2 is 2.20 bits per heavy atom. The van der Waals surface area contributed by atoms with Crippen molar-refractivity contribution in [1.82, 2.24) is 25.0 Å². The predicted octanol–water partition coefficient (Wildman–Crippen LogP) is 2.86. The molecular formula is C17H18ClN5O2. The molecule has 0 unspecified atom stereocenters. The van der Waals surface area contributed by atoms with Gasteiger partial charge in [0.15, 0.2) is 0 Å². The number of aryl methyl sites for hydroxylation is 2. The normalized spacial score (nSPS) is 10.8. The first kappa shape index (κ1) is 17.2. The molecule has 0 radical (unpaired) electrons. The van der Waals surface area contributed by atoms with Gasteiger partial charge in [0.1, 0.15) is 5.82 Å². The summed E-state index contributed by atoms with van der Waals surface area (Å²) in [7, 11) is 0. The third-order valence-electron chi connectivity index (χ3n) is 3.72. The SMILES string of the molecule is CCc1nccn1CCC(=O)NCc1nc(-c2ccccc2Cl)no1. The monoisotopic (exact) mass is 359 g/mol. The minimum absolute atomic E-state index is 0.0896. The fraction of sp³-hybridized carbons (Fsp3) is 0.294. The van der Waals surface area contributed by atoms with Crippen LogP contribution in [-0.2, 0) is 24.3 Å². The van der Waals surface area contributed by atoms with Gasteiger partial charge in [0.25, 0.3) is 0 Å². The van der Waals surface area contributed by atoms with Gasteiger partial charge in [-0.1, -0.05) is 35.8 Å². The van der Waals surface area contributed by atoms with Crippen LogP contribution in [0.25, 0.3) is 11.4 Å². The Morgan fingerprint density at radius 3 is 3.00 bits per heavy atom. The number of hydrogen-bond donors (Lipinski definition) is 1. The molecular weight excluding hydrogens is 342 g/mol. The minimum atomic E-state index is -0.0896. The van der Waals surface area contributed by atoms with E-state index in [1.54, 1.807) is 12.3 Å². The van der Waals surface area contributed by atoms with Crippen LogP contribution < -0.4 is 5.32 Å². The van der Waals surface area contributed by atoms with Crippen LogP contribution in [-0.4, -0.2) is 25.6 Å². The van der Waals surface area contributed by atoms with E-state index >= 15 is 0 Å². The summed E-state index contributed by atoms with van der Waals surface area (Å²) in [6.07, 6.45) is 4.81. The van der Waals surface area contributed by atoms with E-state index in [9.17, 15) is 4.79 Å². The molecule has 0 spiro atoms. The summed E-state index contributed by atoms with van der Waals surface area (Å²) < 4.78 is 7.14. The number of carbonyl (C=O) groups excluding carboxylic acids is 1. The lowest BCUT2D eigenvalue weighted by Gasteiger charge is -2.06. The van der Waals surface area contributed by atoms with Gasteiger partial charge in [0, 0.05) is 37.3 Å². The summed E-state index contributed by atoms with van der Waals surface area (Å²) >= 11 is 6.11. The molecule has 7 nitrogen and oxygen atoms in total. The zero-order valence-electron chi connectivity index (χ0n) is 13.8. The van der Waals surface area contributed by atoms with E-state index in [0.29, 0.717) is 35.3 Å². The van der Waals surface area contributed by atoms with E-state index in [2.05, 4.69) is 20.4 Å². The Bertz CT molecular complexity index is 858. The van der Waals surface area contributed by atoms with E-state index in [1.807, 2.05) is 35.9 Å². The van der Waals surface area contributed by atoms with Crippen molar-refractivity contribution in [3.05, 3.63) is 53.4 Å². The number of halogens is 1. The van der Waals surface area contributed by atoms with Gasteiger partial charge in [0.05, 0.1) is 11.6 Å². The molecule has 8 heteroatoms. The zero-order chi connectivity index (χ0) is 17.6. The van der Waals surface area contributed by atoms with Crippen molar-refractivity contribution in [3.63, 3.8) is 0 Å². The molecule has 0 saturated carbocycles. The first-order valence-corrected chi connectivity index (χ1v) is 8.39. The molecule has 0 atom stereocenters. The van der Waals surface area contributed by atoms with E-state index in [4.69, 9.17) is 16.1 Å². The Morgan fingerprint density at radius 1 is 1.36 bits per heavy atom. The molecule has 130 valence electrons. The van der Waals surface area contributed by atoms with Gasteiger partial charge in [-0.15, -0.1) is 0 Å². The van der Waals surface area contributed by atoms with E-state index in [1.165, 1.54) is 0 Å². The zero-order valence-corrected chi connectivity index (χ0v) is 14.5. The maximum absolute atomic E-state index is 12.0. The number of aromatic nitrogens is 4. The van der Waals surface area contributed by atoms with Crippen molar-refractivity contribution in [3.8, 4) is 11.4 Å². The highest BCUT2D eigenvalue weighted by atomic mass is 35.5. The van der Waals surface area contributed by atoms with Gasteiger partial charge in [-0.25, -0.2) is 4.98 Å². The minimum Gasteiger partial charge on any atom is -0.347 e. The summed E-state index contributed by atoms with van der Waals surface area (Å²) in [5, 5.41) is 7.22. The van der Waals surface area contributed by atoms with Crippen molar-refractivity contribution in [1.29, 1.82) is 0 Å². The average molecular weight is 360 g/mol. The second-order valence-corrected chi connectivity index (χ2v) is 5.82. The number of amides is 1. The quantitative estimate of drug-likeness (QED) is 0.701. The molecule has 1 N–H and O–H groups in total. The molecule has 3 aromatic rings. The number of carbonyl (C=O) groups is 1. The van der Waals surface area contributed by atoms with Gasteiger partial charge in [-0.05, 0) is 12.1 Å². The summed E-state index contributed by atoms with van der Waals surface area (Å²) in [4.78, 5) is 20.5. The number of nitrogens with one attached hydrogen (secondary N) is 1. The molecule has 1 amide bonds. The summed E-state index contributed by atoms with van der Waals surface area (Å²) in [5.41, 5.74) is 0.692. The number of imidazole rings is 1. The van der Waals surface area contributed by atoms with Gasteiger partial charge in [-0.3, -0.25) is 4.79 Å². The summed E-state index contributed by atoms with van der Waals surface area (Å²) in [6.45, 7) is 2.80. The van der Waals surface area contributed by atoms with Crippen molar-refractivity contribution >= 4 is 17.5 Å². The first-order valence-electron chi connectivity index (χ1n) is 8.01. The fourth-order valence-corrected chi connectivity index (χ4v) is 2.64. The second kappa shape index (κ2) is 7.94. The fourth-order valence-electron chi connectivity index (χ4n) is 2.42. The topological polar surface area (TPSA) is 85.8 Å². The van der Waals surface area contributed by atoms with Crippen LogP contribution in [0.5, 0.6) is 0 Å². The molecule has 0 aliphatic rings. The third-order valence-corrected chi connectivity index (χ3v) is 4.05. The highest BCUT2D eigenvalue weighted by Crippen LogP contribution is 2.24. The van der Waals surface area contributed by atoms with Gasteiger partial charge >= 0.3 is 0 Å². The Kier molecular flexibility index (Phi) is 5.45. The van der Waals surface area contributed by atoms with Crippen LogP contribution in [0.3, 0.4) is 0 Å². The molecule has 2 heterocycles. The molecule has 0 aliphatic heterocycles. The van der Waals surface area contributed by atoms with E-state index in [-0.39, 0.29) is 12.5 Å². The van der Waals surface area contributed by atoms with Gasteiger partial charge in [-0.2, -0.15) is 4.98 Å². The van der Waals surface area contributed by atoms with Crippen molar-refractivity contribution in [2.24, 2.45) is 0 Å². The lowest BCUT2D eigenvalue weighted by atomic mass is 10.2.